The number of carbonyl (C=O) groups excluding carboxylic acids is 2. The first-order valence-electron chi connectivity index (χ1n) is 12.6. The van der Waals surface area contributed by atoms with Crippen LogP contribution in [0.2, 0.25) is 0 Å². The second kappa shape index (κ2) is 8.22. The lowest BCUT2D eigenvalue weighted by molar-refractivity contribution is -0.130. The van der Waals surface area contributed by atoms with Crippen LogP contribution in [0.15, 0.2) is 0 Å². The summed E-state index contributed by atoms with van der Waals surface area (Å²) in [4.78, 5) is 39.0. The van der Waals surface area contributed by atoms with E-state index in [0.717, 1.165) is 60.9 Å². The quantitative estimate of drug-likeness (QED) is 0.733. The molecule has 2 aliphatic carbocycles. The summed E-state index contributed by atoms with van der Waals surface area (Å²) >= 11 is 0. The molecule has 0 radical (unpaired) electrons. The lowest BCUT2D eigenvalue weighted by atomic mass is 9.94. The molecule has 4 heterocycles. The first-order valence-corrected chi connectivity index (χ1v) is 12.6. The molecule has 1 saturated carbocycles. The van der Waals surface area contributed by atoms with Gasteiger partial charge in [0.25, 0.3) is 0 Å². The molecule has 33 heavy (non-hydrogen) atoms. The predicted molar refractivity (Wildman–Crippen MR) is 123 cm³/mol. The molecule has 0 aromatic carbocycles. The van der Waals surface area contributed by atoms with E-state index in [1.54, 1.807) is 0 Å². The molecule has 2 amide bonds. The number of rotatable bonds is 6. The molecule has 2 aromatic rings. The Labute approximate surface area is 194 Å². The summed E-state index contributed by atoms with van der Waals surface area (Å²) in [7, 11) is 0. The predicted octanol–water partition coefficient (Wildman–Crippen LogP) is 2.63. The SMILES string of the molecule is Cc1nc([C@@H]2CCN(C(=O)CCc3n[nH]c4c3CCCC4)C2)nc2c1CC(=O)N2CC1CC1. The molecule has 174 valence electrons. The van der Waals surface area contributed by atoms with Crippen LogP contribution in [0.5, 0.6) is 0 Å². The van der Waals surface area contributed by atoms with E-state index in [2.05, 4.69) is 10.2 Å². The average molecular weight is 449 g/mol. The molecule has 2 aromatic heterocycles. The van der Waals surface area contributed by atoms with E-state index in [0.29, 0.717) is 31.7 Å². The molecular formula is C25H32N6O2. The van der Waals surface area contributed by atoms with Crippen molar-refractivity contribution in [2.45, 2.75) is 77.0 Å². The molecule has 2 aliphatic heterocycles. The third-order valence-corrected chi connectivity index (χ3v) is 7.86. The Bertz CT molecular complexity index is 1100. The van der Waals surface area contributed by atoms with Crippen LogP contribution in [0.25, 0.3) is 0 Å². The molecule has 0 bridgehead atoms. The number of aromatic amines is 1. The normalized spacial score (nSPS) is 22.1. The first-order chi connectivity index (χ1) is 16.1. The number of anilines is 1. The van der Waals surface area contributed by atoms with E-state index in [4.69, 9.17) is 9.97 Å². The van der Waals surface area contributed by atoms with Gasteiger partial charge < -0.3 is 4.90 Å². The van der Waals surface area contributed by atoms with Gasteiger partial charge in [-0.15, -0.1) is 0 Å². The molecule has 1 N–H and O–H groups in total. The summed E-state index contributed by atoms with van der Waals surface area (Å²) in [6.07, 6.45) is 9.50. The maximum Gasteiger partial charge on any atom is 0.232 e. The van der Waals surface area contributed by atoms with E-state index < -0.39 is 0 Å². The van der Waals surface area contributed by atoms with Crippen LogP contribution in [-0.4, -0.2) is 56.5 Å². The van der Waals surface area contributed by atoms with Gasteiger partial charge in [-0.25, -0.2) is 9.97 Å². The highest BCUT2D eigenvalue weighted by molar-refractivity contribution is 6.00. The zero-order valence-corrected chi connectivity index (χ0v) is 19.4. The number of nitrogens with one attached hydrogen (secondary N) is 1. The van der Waals surface area contributed by atoms with Crippen LogP contribution in [-0.2, 0) is 35.3 Å². The van der Waals surface area contributed by atoms with E-state index >= 15 is 0 Å². The number of carbonyl (C=O) groups is 2. The van der Waals surface area contributed by atoms with Crippen molar-refractivity contribution >= 4 is 17.6 Å². The van der Waals surface area contributed by atoms with Crippen molar-refractivity contribution in [3.8, 4) is 0 Å². The Kier molecular flexibility index (Phi) is 5.18. The van der Waals surface area contributed by atoms with Gasteiger partial charge in [0.1, 0.15) is 11.6 Å². The van der Waals surface area contributed by atoms with Gasteiger partial charge in [0.15, 0.2) is 0 Å². The molecule has 1 atom stereocenters. The summed E-state index contributed by atoms with van der Waals surface area (Å²) in [6.45, 7) is 4.17. The van der Waals surface area contributed by atoms with Gasteiger partial charge in [0.2, 0.25) is 11.8 Å². The zero-order valence-electron chi connectivity index (χ0n) is 19.4. The third-order valence-electron chi connectivity index (χ3n) is 7.86. The number of amides is 2. The monoisotopic (exact) mass is 448 g/mol. The fourth-order valence-corrected chi connectivity index (χ4v) is 5.66. The topological polar surface area (TPSA) is 95.1 Å². The summed E-state index contributed by atoms with van der Waals surface area (Å²) in [6, 6.07) is 0. The Morgan fingerprint density at radius 2 is 1.97 bits per heavy atom. The highest BCUT2D eigenvalue weighted by Gasteiger charge is 2.37. The number of hydrogen-bond acceptors (Lipinski definition) is 5. The van der Waals surface area contributed by atoms with Crippen LogP contribution >= 0.6 is 0 Å². The van der Waals surface area contributed by atoms with Gasteiger partial charge in [-0.05, 0) is 63.4 Å². The summed E-state index contributed by atoms with van der Waals surface area (Å²) in [5.41, 5.74) is 5.59. The molecular weight excluding hydrogens is 416 g/mol. The molecule has 2 fully saturated rings. The Balaban J connectivity index is 1.12. The first kappa shape index (κ1) is 20.8. The van der Waals surface area contributed by atoms with Crippen molar-refractivity contribution in [3.05, 3.63) is 34.0 Å². The molecule has 4 aliphatic rings. The van der Waals surface area contributed by atoms with Gasteiger partial charge in [-0.1, -0.05) is 0 Å². The van der Waals surface area contributed by atoms with E-state index in [1.807, 2.05) is 16.7 Å². The molecule has 0 unspecified atom stereocenters. The Morgan fingerprint density at radius 1 is 1.12 bits per heavy atom. The van der Waals surface area contributed by atoms with Gasteiger partial charge in [0, 0.05) is 55.3 Å². The second-order valence-corrected chi connectivity index (χ2v) is 10.3. The standard InChI is InChI=1S/C25H32N6O2/c1-15-19-12-23(33)31(13-16-6-7-16)25(19)27-24(26-15)17-10-11-30(14-17)22(32)9-8-21-18-4-2-3-5-20(18)28-29-21/h16-17H,2-14H2,1H3,(H,28,29)/t17-/m1/s1. The summed E-state index contributed by atoms with van der Waals surface area (Å²) in [5, 5.41) is 7.67. The highest BCUT2D eigenvalue weighted by Crippen LogP contribution is 2.37. The van der Waals surface area contributed by atoms with Crippen LogP contribution in [0.3, 0.4) is 0 Å². The second-order valence-electron chi connectivity index (χ2n) is 10.3. The fourth-order valence-electron chi connectivity index (χ4n) is 5.66. The minimum atomic E-state index is 0.134. The number of fused-ring (bicyclic) bond motifs is 2. The summed E-state index contributed by atoms with van der Waals surface area (Å²) < 4.78 is 0. The fraction of sp³-hybridized carbons (Fsp3) is 0.640. The van der Waals surface area contributed by atoms with Crippen molar-refractivity contribution in [1.29, 1.82) is 0 Å². The van der Waals surface area contributed by atoms with Crippen LogP contribution in [0.1, 0.15) is 78.5 Å². The number of aromatic nitrogens is 4. The number of aryl methyl sites for hydroxylation is 3. The number of nitrogens with zero attached hydrogens (tertiary/aromatic N) is 5. The molecule has 0 spiro atoms. The van der Waals surface area contributed by atoms with Gasteiger partial charge in [-0.3, -0.25) is 19.6 Å². The Morgan fingerprint density at radius 3 is 2.82 bits per heavy atom. The van der Waals surface area contributed by atoms with E-state index in [1.165, 1.54) is 36.9 Å². The van der Waals surface area contributed by atoms with Crippen molar-refractivity contribution in [2.24, 2.45) is 5.92 Å². The number of likely N-dealkylation sites (tertiary alicyclic amines) is 1. The van der Waals surface area contributed by atoms with E-state index in [-0.39, 0.29) is 17.7 Å². The molecule has 1 saturated heterocycles. The summed E-state index contributed by atoms with van der Waals surface area (Å²) in [5.74, 6) is 2.71. The maximum atomic E-state index is 13.0. The van der Waals surface area contributed by atoms with Crippen molar-refractivity contribution in [3.63, 3.8) is 0 Å². The third kappa shape index (κ3) is 3.93. The highest BCUT2D eigenvalue weighted by atomic mass is 16.2. The number of hydrogen-bond donors (Lipinski definition) is 1. The van der Waals surface area contributed by atoms with Gasteiger partial charge >= 0.3 is 0 Å². The molecule has 8 nitrogen and oxygen atoms in total. The average Bonchev–Trinajstić information content (AvgIpc) is 3.20. The van der Waals surface area contributed by atoms with Crippen LogP contribution < -0.4 is 4.90 Å². The van der Waals surface area contributed by atoms with Crippen LogP contribution in [0.4, 0.5) is 5.82 Å². The van der Waals surface area contributed by atoms with Crippen molar-refractivity contribution in [1.82, 2.24) is 25.1 Å². The minimum Gasteiger partial charge on any atom is -0.342 e. The Hall–Kier alpha value is -2.77. The molecule has 8 heteroatoms. The largest absolute Gasteiger partial charge is 0.342 e. The van der Waals surface area contributed by atoms with Crippen LogP contribution in [0, 0.1) is 12.8 Å². The van der Waals surface area contributed by atoms with E-state index in [9.17, 15) is 9.59 Å². The maximum absolute atomic E-state index is 13.0. The number of H-pyrrole nitrogens is 1. The lowest BCUT2D eigenvalue weighted by Crippen LogP contribution is -2.30. The van der Waals surface area contributed by atoms with Crippen molar-refractivity contribution < 1.29 is 9.59 Å². The minimum absolute atomic E-state index is 0.134. The van der Waals surface area contributed by atoms with Gasteiger partial charge in [-0.2, -0.15) is 5.10 Å². The van der Waals surface area contributed by atoms with Gasteiger partial charge in [0.05, 0.1) is 12.1 Å². The lowest BCUT2D eigenvalue weighted by Gasteiger charge is -2.19. The smallest absolute Gasteiger partial charge is 0.232 e. The zero-order chi connectivity index (χ0) is 22.5. The molecule has 6 rings (SSSR count). The van der Waals surface area contributed by atoms with Crippen molar-refractivity contribution in [2.75, 3.05) is 24.5 Å².